The van der Waals surface area contributed by atoms with E-state index in [1.165, 1.54) is 180 Å². The summed E-state index contributed by atoms with van der Waals surface area (Å²) in [6.45, 7) is 6.43. The highest BCUT2D eigenvalue weighted by Gasteiger charge is 2.19. The molecule has 0 aliphatic carbocycles. The number of hydrogen-bond acceptors (Lipinski definition) is 6. The molecule has 0 fully saturated rings. The van der Waals surface area contributed by atoms with Crippen molar-refractivity contribution >= 4 is 17.9 Å². The lowest BCUT2D eigenvalue weighted by Gasteiger charge is -2.18. The van der Waals surface area contributed by atoms with E-state index < -0.39 is 6.10 Å². The maximum absolute atomic E-state index is 12.9. The molecule has 0 aromatic rings. The van der Waals surface area contributed by atoms with Gasteiger partial charge in [-0.25, -0.2) is 0 Å². The number of rotatable bonds is 64. The van der Waals surface area contributed by atoms with Crippen molar-refractivity contribution in [3.63, 3.8) is 0 Å². The van der Waals surface area contributed by atoms with Crippen LogP contribution in [0, 0.1) is 0 Å². The Morgan fingerprint density at radius 3 is 0.735 bits per heavy atom. The van der Waals surface area contributed by atoms with E-state index in [2.05, 4.69) is 130 Å². The molecule has 0 aromatic carbocycles. The molecule has 0 bridgehead atoms. The van der Waals surface area contributed by atoms with Crippen LogP contribution in [0.4, 0.5) is 0 Å². The Morgan fingerprint density at radius 1 is 0.253 bits per heavy atom. The number of carbonyl (C=O) groups is 3. The summed E-state index contributed by atoms with van der Waals surface area (Å²) in [4.78, 5) is 38.3. The molecule has 1 atom stereocenters. The van der Waals surface area contributed by atoms with Crippen LogP contribution in [0.15, 0.2) is 109 Å². The largest absolute Gasteiger partial charge is 0.462 e. The van der Waals surface area contributed by atoms with Crippen molar-refractivity contribution in [2.75, 3.05) is 13.2 Å². The maximum atomic E-state index is 12.9. The zero-order valence-electron chi connectivity index (χ0n) is 54.7. The Morgan fingerprint density at radius 2 is 0.470 bits per heavy atom. The van der Waals surface area contributed by atoms with Crippen molar-refractivity contribution < 1.29 is 28.6 Å². The predicted molar refractivity (Wildman–Crippen MR) is 362 cm³/mol. The fraction of sp³-hybridized carbons (Fsp3) is 0.727. The Bertz CT molecular complexity index is 1660. The number of ether oxygens (including phenoxy) is 3. The quantitative estimate of drug-likeness (QED) is 0.0261. The van der Waals surface area contributed by atoms with Crippen LogP contribution < -0.4 is 0 Å². The summed E-state index contributed by atoms with van der Waals surface area (Å²) in [5.74, 6) is -0.871. The topological polar surface area (TPSA) is 78.9 Å². The minimum absolute atomic E-state index is 0.0765. The zero-order valence-corrected chi connectivity index (χ0v) is 54.7. The molecule has 0 amide bonds. The van der Waals surface area contributed by atoms with Gasteiger partial charge in [-0.2, -0.15) is 0 Å². The summed E-state index contributed by atoms with van der Waals surface area (Å²) in [7, 11) is 0. The van der Waals surface area contributed by atoms with Gasteiger partial charge in [-0.3, -0.25) is 14.4 Å². The van der Waals surface area contributed by atoms with Gasteiger partial charge in [0, 0.05) is 19.3 Å². The third-order valence-electron chi connectivity index (χ3n) is 15.3. The number of esters is 3. The first-order valence-electron chi connectivity index (χ1n) is 35.4. The van der Waals surface area contributed by atoms with Gasteiger partial charge in [-0.05, 0) is 103 Å². The molecule has 0 rings (SSSR count). The Labute approximate surface area is 514 Å². The number of hydrogen-bond donors (Lipinski definition) is 0. The van der Waals surface area contributed by atoms with Crippen LogP contribution in [-0.2, 0) is 28.6 Å². The molecule has 0 heterocycles. The van der Waals surface area contributed by atoms with E-state index in [1.54, 1.807) is 0 Å². The molecule has 0 aliphatic heterocycles. The van der Waals surface area contributed by atoms with Crippen LogP contribution >= 0.6 is 0 Å². The van der Waals surface area contributed by atoms with Crippen molar-refractivity contribution in [2.24, 2.45) is 0 Å². The maximum Gasteiger partial charge on any atom is 0.306 e. The normalized spacial score (nSPS) is 12.8. The molecule has 0 radical (unpaired) electrons. The fourth-order valence-corrected chi connectivity index (χ4v) is 10.1. The van der Waals surface area contributed by atoms with Gasteiger partial charge >= 0.3 is 17.9 Å². The first-order valence-corrected chi connectivity index (χ1v) is 35.4. The molecule has 476 valence electrons. The minimum Gasteiger partial charge on any atom is -0.462 e. The average Bonchev–Trinajstić information content (AvgIpc) is 3.49. The minimum atomic E-state index is -0.780. The van der Waals surface area contributed by atoms with Crippen LogP contribution in [0.1, 0.15) is 342 Å². The first kappa shape index (κ1) is 79.1. The van der Waals surface area contributed by atoms with Gasteiger partial charge in [-0.15, -0.1) is 0 Å². The summed E-state index contributed by atoms with van der Waals surface area (Å²) in [6.07, 6.45) is 97.0. The Balaban J connectivity index is 4.14. The van der Waals surface area contributed by atoms with E-state index >= 15 is 0 Å². The van der Waals surface area contributed by atoms with Gasteiger partial charge < -0.3 is 14.2 Å². The number of carbonyl (C=O) groups excluding carboxylic acids is 3. The summed E-state index contributed by atoms with van der Waals surface area (Å²) >= 11 is 0. The van der Waals surface area contributed by atoms with Gasteiger partial charge in [0.15, 0.2) is 6.10 Å². The van der Waals surface area contributed by atoms with Crippen LogP contribution in [0.3, 0.4) is 0 Å². The van der Waals surface area contributed by atoms with Crippen molar-refractivity contribution in [2.45, 2.75) is 348 Å². The lowest BCUT2D eigenvalue weighted by atomic mass is 10.0. The van der Waals surface area contributed by atoms with Gasteiger partial charge in [0.1, 0.15) is 13.2 Å². The molecule has 0 saturated heterocycles. The van der Waals surface area contributed by atoms with E-state index in [-0.39, 0.29) is 31.1 Å². The van der Waals surface area contributed by atoms with Crippen molar-refractivity contribution in [3.8, 4) is 0 Å². The van der Waals surface area contributed by atoms with E-state index in [4.69, 9.17) is 14.2 Å². The highest BCUT2D eigenvalue weighted by molar-refractivity contribution is 5.71. The second-order valence-electron chi connectivity index (χ2n) is 23.4. The van der Waals surface area contributed by atoms with Crippen molar-refractivity contribution in [3.05, 3.63) is 109 Å². The second kappa shape index (κ2) is 70.6. The van der Waals surface area contributed by atoms with E-state index in [0.29, 0.717) is 19.3 Å². The van der Waals surface area contributed by atoms with Crippen LogP contribution in [0.25, 0.3) is 0 Å². The average molecular weight is 1150 g/mol. The standard InChI is InChI=1S/C77H132O6/c1-4-7-10-13-16-19-21-23-25-27-29-31-33-35-36-37-38-39-40-42-43-45-47-49-51-53-55-58-61-64-67-70-76(79)82-73-74(72-81-75(78)69-66-63-60-57-18-15-12-9-6-3)83-77(80)71-68-65-62-59-56-54-52-50-48-46-44-41-34-32-30-28-26-24-22-20-17-14-11-8-5-2/h7-8,10-11,16-17,19-20,23-26,29-32,41,44,74H,4-6,9,12-15,18,21-22,27-28,33-40,42-43,45-73H2,1-3H3/b10-7-,11-8-,19-16-,20-17-,25-23-,26-24-,31-29-,32-30-,44-41-. The smallest absolute Gasteiger partial charge is 0.306 e. The Hall–Kier alpha value is -3.93. The molecule has 6 nitrogen and oxygen atoms in total. The van der Waals surface area contributed by atoms with E-state index in [9.17, 15) is 14.4 Å². The van der Waals surface area contributed by atoms with E-state index in [1.807, 2.05) is 0 Å². The predicted octanol–water partition coefficient (Wildman–Crippen LogP) is 24.6. The molecular formula is C77H132O6. The second-order valence-corrected chi connectivity index (χ2v) is 23.4. The van der Waals surface area contributed by atoms with Crippen molar-refractivity contribution in [1.29, 1.82) is 0 Å². The molecule has 1 unspecified atom stereocenters. The van der Waals surface area contributed by atoms with Crippen LogP contribution in [0.5, 0.6) is 0 Å². The molecule has 0 aromatic heterocycles. The first-order chi connectivity index (χ1) is 41.0. The molecule has 0 N–H and O–H groups in total. The third-order valence-corrected chi connectivity index (χ3v) is 15.3. The lowest BCUT2D eigenvalue weighted by Crippen LogP contribution is -2.30. The van der Waals surface area contributed by atoms with Crippen LogP contribution in [0.2, 0.25) is 0 Å². The monoisotopic (exact) mass is 1150 g/mol. The molecular weight excluding hydrogens is 1020 g/mol. The molecule has 83 heavy (non-hydrogen) atoms. The fourth-order valence-electron chi connectivity index (χ4n) is 10.1. The highest BCUT2D eigenvalue weighted by Crippen LogP contribution is 2.17. The highest BCUT2D eigenvalue weighted by atomic mass is 16.6. The summed E-state index contributed by atoms with van der Waals surface area (Å²) in [6, 6.07) is 0. The number of unbranched alkanes of at least 4 members (excludes halogenated alkanes) is 35. The lowest BCUT2D eigenvalue weighted by molar-refractivity contribution is -0.167. The van der Waals surface area contributed by atoms with Gasteiger partial charge in [0.05, 0.1) is 0 Å². The van der Waals surface area contributed by atoms with E-state index in [0.717, 1.165) is 122 Å². The molecule has 6 heteroatoms. The third kappa shape index (κ3) is 68.7. The summed E-state index contributed by atoms with van der Waals surface area (Å²) < 4.78 is 16.9. The summed E-state index contributed by atoms with van der Waals surface area (Å²) in [5.41, 5.74) is 0. The van der Waals surface area contributed by atoms with Crippen LogP contribution in [-0.4, -0.2) is 37.2 Å². The van der Waals surface area contributed by atoms with Crippen molar-refractivity contribution in [1.82, 2.24) is 0 Å². The summed E-state index contributed by atoms with van der Waals surface area (Å²) in [5, 5.41) is 0. The van der Waals surface area contributed by atoms with Gasteiger partial charge in [-0.1, -0.05) is 329 Å². The van der Waals surface area contributed by atoms with Gasteiger partial charge in [0.25, 0.3) is 0 Å². The SMILES string of the molecule is CC/C=C\C/C=C\C/C=C\C/C=C\C/C=C\CCCCCCCCCCCC(=O)OC(COC(=O)CCCCCCCCCCC)COC(=O)CCCCCCCCCCCCCCCCCCCC/C=C\C/C=C\C/C=C\C/C=C\CC. The zero-order chi connectivity index (χ0) is 59.9. The van der Waals surface area contributed by atoms with Gasteiger partial charge in [0.2, 0.25) is 0 Å². The molecule has 0 saturated carbocycles. The molecule has 0 spiro atoms. The Kier molecular flexibility index (Phi) is 67.2. The molecule has 0 aliphatic rings. The number of allylic oxidation sites excluding steroid dienone is 18.